The number of carbonyl (C=O) groups is 1. The lowest BCUT2D eigenvalue weighted by Gasteiger charge is -2.25. The summed E-state index contributed by atoms with van der Waals surface area (Å²) in [6.07, 6.45) is 7.23. The van der Waals surface area contributed by atoms with Gasteiger partial charge in [-0.1, -0.05) is 24.3 Å². The highest BCUT2D eigenvalue weighted by atomic mass is 16.1. The van der Waals surface area contributed by atoms with Gasteiger partial charge in [0.05, 0.1) is 11.7 Å². The molecule has 3 N–H and O–H groups in total. The average molecular weight is 372 g/mol. The van der Waals surface area contributed by atoms with Crippen molar-refractivity contribution in [1.29, 1.82) is 0 Å². The molecule has 1 amide bonds. The predicted octanol–water partition coefficient (Wildman–Crippen LogP) is 3.53. The highest BCUT2D eigenvalue weighted by Crippen LogP contribution is 2.28. The van der Waals surface area contributed by atoms with Gasteiger partial charge in [0.15, 0.2) is 0 Å². The standard InChI is InChI=1S/C23H24N4O/c24-20(15-19-7-1-2-13-25-19)16-9-11-18(12-10-16)23(28)27-21-8-3-5-17-6-4-14-26-22(17)21/h1-2,4,6-7,9-14,20-21H,3,5,8,15,24H2,(H,27,28). The van der Waals surface area contributed by atoms with Crippen molar-refractivity contribution in [3.05, 3.63) is 95.1 Å². The van der Waals surface area contributed by atoms with Crippen molar-refractivity contribution in [2.45, 2.75) is 37.8 Å². The molecule has 0 radical (unpaired) electrons. The Morgan fingerprint density at radius 2 is 1.89 bits per heavy atom. The summed E-state index contributed by atoms with van der Waals surface area (Å²) in [4.78, 5) is 21.5. The fourth-order valence-electron chi connectivity index (χ4n) is 3.74. The van der Waals surface area contributed by atoms with E-state index in [9.17, 15) is 4.79 Å². The first-order chi connectivity index (χ1) is 13.7. The summed E-state index contributed by atoms with van der Waals surface area (Å²) >= 11 is 0. The number of nitrogens with two attached hydrogens (primary N) is 1. The van der Waals surface area contributed by atoms with E-state index in [-0.39, 0.29) is 18.0 Å². The Labute approximate surface area is 165 Å². The van der Waals surface area contributed by atoms with Crippen molar-refractivity contribution in [3.63, 3.8) is 0 Å². The van der Waals surface area contributed by atoms with Gasteiger partial charge in [-0.2, -0.15) is 0 Å². The molecule has 4 rings (SSSR count). The second kappa shape index (κ2) is 8.31. The molecule has 0 spiro atoms. The van der Waals surface area contributed by atoms with Crippen molar-refractivity contribution in [1.82, 2.24) is 15.3 Å². The fraction of sp³-hybridized carbons (Fsp3) is 0.261. The van der Waals surface area contributed by atoms with E-state index in [0.29, 0.717) is 12.0 Å². The number of hydrogen-bond donors (Lipinski definition) is 2. The van der Waals surface area contributed by atoms with E-state index in [0.717, 1.165) is 36.2 Å². The predicted molar refractivity (Wildman–Crippen MR) is 109 cm³/mol. The van der Waals surface area contributed by atoms with Crippen LogP contribution in [-0.2, 0) is 12.8 Å². The minimum absolute atomic E-state index is 0.0245. The molecule has 0 aliphatic heterocycles. The van der Waals surface area contributed by atoms with Gasteiger partial charge in [0.2, 0.25) is 0 Å². The maximum Gasteiger partial charge on any atom is 0.251 e. The van der Waals surface area contributed by atoms with Gasteiger partial charge >= 0.3 is 0 Å². The van der Waals surface area contributed by atoms with Crippen LogP contribution in [0.4, 0.5) is 0 Å². The van der Waals surface area contributed by atoms with Crippen LogP contribution in [0.25, 0.3) is 0 Å². The Morgan fingerprint density at radius 3 is 2.68 bits per heavy atom. The van der Waals surface area contributed by atoms with E-state index in [1.165, 1.54) is 5.56 Å². The molecular formula is C23H24N4O. The highest BCUT2D eigenvalue weighted by Gasteiger charge is 2.23. The molecular weight excluding hydrogens is 348 g/mol. The van der Waals surface area contributed by atoms with Crippen LogP contribution in [0.5, 0.6) is 0 Å². The van der Waals surface area contributed by atoms with Gasteiger partial charge in [0.25, 0.3) is 5.91 Å². The van der Waals surface area contributed by atoms with Crippen LogP contribution in [0.15, 0.2) is 67.0 Å². The zero-order valence-corrected chi connectivity index (χ0v) is 15.7. The molecule has 1 aromatic carbocycles. The van der Waals surface area contributed by atoms with Crippen LogP contribution in [0, 0.1) is 0 Å². The van der Waals surface area contributed by atoms with Crippen molar-refractivity contribution >= 4 is 5.91 Å². The molecule has 2 unspecified atom stereocenters. The first kappa shape index (κ1) is 18.3. The lowest BCUT2D eigenvalue weighted by molar-refractivity contribution is 0.0931. The van der Waals surface area contributed by atoms with Crippen molar-refractivity contribution < 1.29 is 4.79 Å². The van der Waals surface area contributed by atoms with Crippen LogP contribution in [0.2, 0.25) is 0 Å². The fourth-order valence-corrected chi connectivity index (χ4v) is 3.74. The molecule has 0 saturated heterocycles. The molecule has 5 nitrogen and oxygen atoms in total. The lowest BCUT2D eigenvalue weighted by Crippen LogP contribution is -2.31. The molecule has 5 heteroatoms. The number of nitrogens with zero attached hydrogens (tertiary/aromatic N) is 2. The molecule has 0 saturated carbocycles. The smallest absolute Gasteiger partial charge is 0.251 e. The van der Waals surface area contributed by atoms with Crippen LogP contribution in [0.3, 0.4) is 0 Å². The number of amides is 1. The number of pyridine rings is 2. The second-order valence-electron chi connectivity index (χ2n) is 7.22. The van der Waals surface area contributed by atoms with Crippen molar-refractivity contribution in [2.75, 3.05) is 0 Å². The van der Waals surface area contributed by atoms with E-state index in [4.69, 9.17) is 5.73 Å². The zero-order chi connectivity index (χ0) is 19.3. The molecule has 142 valence electrons. The summed E-state index contributed by atoms with van der Waals surface area (Å²) in [5.74, 6) is -0.0756. The Kier molecular flexibility index (Phi) is 5.44. The summed E-state index contributed by atoms with van der Waals surface area (Å²) in [5, 5.41) is 3.14. The largest absolute Gasteiger partial charge is 0.344 e. The maximum atomic E-state index is 12.7. The average Bonchev–Trinajstić information content (AvgIpc) is 2.75. The Bertz CT molecular complexity index is 940. The number of carbonyl (C=O) groups excluding carboxylic acids is 1. The zero-order valence-electron chi connectivity index (χ0n) is 15.7. The van der Waals surface area contributed by atoms with Crippen LogP contribution in [-0.4, -0.2) is 15.9 Å². The van der Waals surface area contributed by atoms with Crippen molar-refractivity contribution in [2.24, 2.45) is 5.73 Å². The van der Waals surface area contributed by atoms with E-state index in [1.807, 2.05) is 48.5 Å². The molecule has 0 fully saturated rings. The minimum Gasteiger partial charge on any atom is -0.344 e. The Morgan fingerprint density at radius 1 is 1.07 bits per heavy atom. The summed E-state index contributed by atoms with van der Waals surface area (Å²) in [6, 6.07) is 17.2. The summed E-state index contributed by atoms with van der Waals surface area (Å²) in [5.41, 5.74) is 11.1. The third kappa shape index (κ3) is 4.10. The van der Waals surface area contributed by atoms with E-state index in [1.54, 1.807) is 12.4 Å². The molecule has 2 atom stereocenters. The van der Waals surface area contributed by atoms with E-state index < -0.39 is 0 Å². The SMILES string of the molecule is NC(Cc1ccccn1)c1ccc(C(=O)NC2CCCc3cccnc32)cc1. The molecule has 1 aliphatic rings. The van der Waals surface area contributed by atoms with Gasteiger partial charge in [-0.15, -0.1) is 0 Å². The number of rotatable bonds is 5. The van der Waals surface area contributed by atoms with Crippen LogP contribution in [0.1, 0.15) is 57.8 Å². The number of hydrogen-bond acceptors (Lipinski definition) is 4. The molecule has 28 heavy (non-hydrogen) atoms. The first-order valence-corrected chi connectivity index (χ1v) is 9.71. The third-order valence-corrected chi connectivity index (χ3v) is 5.26. The molecule has 2 aromatic heterocycles. The monoisotopic (exact) mass is 372 g/mol. The molecule has 1 aliphatic carbocycles. The van der Waals surface area contributed by atoms with Gasteiger partial charge in [0.1, 0.15) is 0 Å². The van der Waals surface area contributed by atoms with Gasteiger partial charge in [-0.05, 0) is 60.7 Å². The van der Waals surface area contributed by atoms with E-state index in [2.05, 4.69) is 21.4 Å². The number of fused-ring (bicyclic) bond motifs is 1. The number of benzene rings is 1. The maximum absolute atomic E-state index is 12.7. The summed E-state index contributed by atoms with van der Waals surface area (Å²) in [7, 11) is 0. The molecule has 2 heterocycles. The normalized spacial score (nSPS) is 16.8. The quantitative estimate of drug-likeness (QED) is 0.718. The number of aryl methyl sites for hydroxylation is 1. The lowest BCUT2D eigenvalue weighted by atomic mass is 9.91. The number of aromatic nitrogens is 2. The number of nitrogens with one attached hydrogen (secondary N) is 1. The van der Waals surface area contributed by atoms with Gasteiger partial charge in [0, 0.05) is 36.1 Å². The highest BCUT2D eigenvalue weighted by molar-refractivity contribution is 5.94. The summed E-state index contributed by atoms with van der Waals surface area (Å²) in [6.45, 7) is 0. The van der Waals surface area contributed by atoms with Gasteiger partial charge in [-0.3, -0.25) is 14.8 Å². The summed E-state index contributed by atoms with van der Waals surface area (Å²) < 4.78 is 0. The van der Waals surface area contributed by atoms with Crippen LogP contribution >= 0.6 is 0 Å². The van der Waals surface area contributed by atoms with Gasteiger partial charge < -0.3 is 11.1 Å². The first-order valence-electron chi connectivity index (χ1n) is 9.71. The minimum atomic E-state index is -0.151. The van der Waals surface area contributed by atoms with Crippen molar-refractivity contribution in [3.8, 4) is 0 Å². The Balaban J connectivity index is 1.42. The Hall–Kier alpha value is -3.05. The molecule has 3 aromatic rings. The molecule has 0 bridgehead atoms. The topological polar surface area (TPSA) is 80.9 Å². The second-order valence-corrected chi connectivity index (χ2v) is 7.22. The third-order valence-electron chi connectivity index (χ3n) is 5.26. The van der Waals surface area contributed by atoms with Gasteiger partial charge in [-0.25, -0.2) is 0 Å². The van der Waals surface area contributed by atoms with E-state index >= 15 is 0 Å². The van der Waals surface area contributed by atoms with Crippen LogP contribution < -0.4 is 11.1 Å².